The van der Waals surface area contributed by atoms with Gasteiger partial charge in [0.2, 0.25) is 6.43 Å². The first-order valence-electron chi connectivity index (χ1n) is 10.3. The third-order valence-corrected chi connectivity index (χ3v) is 6.41. The van der Waals surface area contributed by atoms with Gasteiger partial charge in [0, 0.05) is 28.1 Å². The normalized spacial score (nSPS) is 20.2. The quantitative estimate of drug-likeness (QED) is 0.420. The standard InChI is InChI=1S/C23H24Cl2F2N2O3/c1-14(15-8-3-2-4-9-15)28-18(12-5-6-13-19(26)27)22(30)29(23(31)32)21(28)20-16(24)10-7-11-17(20)25/h2-4,7-11,14,18-19,21H,5-6,12-13H2,1H3,(H,31,32)/t14?,18-,21+/m0/s1. The van der Waals surface area contributed by atoms with Crippen LogP contribution in [0.5, 0.6) is 0 Å². The van der Waals surface area contributed by atoms with Crippen molar-refractivity contribution in [3.05, 3.63) is 69.7 Å². The molecule has 2 aromatic carbocycles. The SMILES string of the molecule is CC(c1ccccc1)N1[C@@H](CCCCC(F)F)C(=O)N(C(=O)O)[C@@H]1c1c(Cl)cccc1Cl. The number of hydrogen-bond donors (Lipinski definition) is 1. The zero-order chi connectivity index (χ0) is 23.4. The van der Waals surface area contributed by atoms with Gasteiger partial charge in [0.15, 0.2) is 0 Å². The highest BCUT2D eigenvalue weighted by Crippen LogP contribution is 2.46. The van der Waals surface area contributed by atoms with Crippen molar-refractivity contribution in [2.45, 2.75) is 57.3 Å². The van der Waals surface area contributed by atoms with Crippen LogP contribution in [0, 0.1) is 0 Å². The summed E-state index contributed by atoms with van der Waals surface area (Å²) in [5.74, 6) is -0.613. The van der Waals surface area contributed by atoms with E-state index in [-0.39, 0.29) is 35.3 Å². The molecule has 0 aliphatic carbocycles. The third-order valence-electron chi connectivity index (χ3n) is 5.75. The van der Waals surface area contributed by atoms with E-state index in [9.17, 15) is 23.5 Å². The number of amides is 2. The van der Waals surface area contributed by atoms with Crippen molar-refractivity contribution in [1.29, 1.82) is 0 Å². The van der Waals surface area contributed by atoms with Crippen molar-refractivity contribution in [2.75, 3.05) is 0 Å². The zero-order valence-corrected chi connectivity index (χ0v) is 18.9. The summed E-state index contributed by atoms with van der Waals surface area (Å²) in [4.78, 5) is 28.0. The molecular weight excluding hydrogens is 461 g/mol. The van der Waals surface area contributed by atoms with Gasteiger partial charge in [-0.05, 0) is 37.5 Å². The molecule has 0 saturated carbocycles. The van der Waals surface area contributed by atoms with Gasteiger partial charge in [0.1, 0.15) is 6.17 Å². The van der Waals surface area contributed by atoms with Crippen LogP contribution in [0.15, 0.2) is 48.5 Å². The number of unbranched alkanes of at least 4 members (excludes halogenated alkanes) is 1. The Morgan fingerprint density at radius 1 is 1.06 bits per heavy atom. The van der Waals surface area contributed by atoms with Gasteiger partial charge in [0.25, 0.3) is 5.91 Å². The van der Waals surface area contributed by atoms with Gasteiger partial charge < -0.3 is 5.11 Å². The highest BCUT2D eigenvalue weighted by molar-refractivity contribution is 6.36. The van der Waals surface area contributed by atoms with Crippen LogP contribution in [0.1, 0.15) is 55.9 Å². The number of carboxylic acid groups (broad SMARTS) is 1. The highest BCUT2D eigenvalue weighted by Gasteiger charge is 2.52. The van der Waals surface area contributed by atoms with Gasteiger partial charge in [-0.1, -0.05) is 66.0 Å². The summed E-state index contributed by atoms with van der Waals surface area (Å²) in [5, 5.41) is 10.4. The summed E-state index contributed by atoms with van der Waals surface area (Å²) < 4.78 is 25.2. The minimum Gasteiger partial charge on any atom is -0.465 e. The molecule has 1 unspecified atom stereocenters. The molecule has 3 rings (SSSR count). The number of imide groups is 1. The summed E-state index contributed by atoms with van der Waals surface area (Å²) in [6.45, 7) is 1.87. The molecule has 1 heterocycles. The second kappa shape index (κ2) is 10.6. The number of benzene rings is 2. The number of halogens is 4. The smallest absolute Gasteiger partial charge is 0.415 e. The van der Waals surface area contributed by atoms with E-state index in [0.717, 1.165) is 10.5 Å². The Labute approximate surface area is 195 Å². The number of nitrogens with zero attached hydrogens (tertiary/aromatic N) is 2. The highest BCUT2D eigenvalue weighted by atomic mass is 35.5. The van der Waals surface area contributed by atoms with E-state index in [1.807, 2.05) is 37.3 Å². The monoisotopic (exact) mass is 484 g/mol. The van der Waals surface area contributed by atoms with Crippen LogP contribution in [-0.2, 0) is 4.79 Å². The molecule has 0 bridgehead atoms. The van der Waals surface area contributed by atoms with Gasteiger partial charge >= 0.3 is 6.09 Å². The maximum absolute atomic E-state index is 13.3. The molecule has 2 amide bonds. The van der Waals surface area contributed by atoms with Crippen molar-refractivity contribution in [1.82, 2.24) is 9.80 Å². The van der Waals surface area contributed by atoms with Crippen molar-refractivity contribution >= 4 is 35.2 Å². The minimum atomic E-state index is -2.42. The lowest BCUT2D eigenvalue weighted by molar-refractivity contribution is -0.128. The van der Waals surface area contributed by atoms with Gasteiger partial charge in [0.05, 0.1) is 6.04 Å². The predicted molar refractivity (Wildman–Crippen MR) is 119 cm³/mol. The fourth-order valence-corrected chi connectivity index (χ4v) is 4.83. The number of rotatable bonds is 8. The first kappa shape index (κ1) is 24.4. The van der Waals surface area contributed by atoms with Gasteiger partial charge in [-0.2, -0.15) is 0 Å². The molecule has 172 valence electrons. The molecule has 9 heteroatoms. The first-order chi connectivity index (χ1) is 15.2. The van der Waals surface area contributed by atoms with Crippen molar-refractivity contribution in [3.63, 3.8) is 0 Å². The summed E-state index contributed by atoms with van der Waals surface area (Å²) in [7, 11) is 0. The van der Waals surface area contributed by atoms with Crippen LogP contribution >= 0.6 is 23.2 Å². The average Bonchev–Trinajstić information content (AvgIpc) is 3.03. The Morgan fingerprint density at radius 3 is 2.25 bits per heavy atom. The Bertz CT molecular complexity index is 941. The fourth-order valence-electron chi connectivity index (χ4n) is 4.24. The topological polar surface area (TPSA) is 60.9 Å². The number of alkyl halides is 2. The average molecular weight is 485 g/mol. The molecule has 0 aromatic heterocycles. The molecule has 1 fully saturated rings. The minimum absolute atomic E-state index is 0.236. The molecule has 2 aromatic rings. The predicted octanol–water partition coefficient (Wildman–Crippen LogP) is 6.77. The van der Waals surface area contributed by atoms with Crippen LogP contribution < -0.4 is 0 Å². The van der Waals surface area contributed by atoms with Gasteiger partial charge in [-0.3, -0.25) is 9.69 Å². The molecule has 1 saturated heterocycles. The number of carbonyl (C=O) groups is 2. The van der Waals surface area contributed by atoms with Crippen LogP contribution in [0.25, 0.3) is 0 Å². The van der Waals surface area contributed by atoms with E-state index in [0.29, 0.717) is 12.0 Å². The van der Waals surface area contributed by atoms with Crippen molar-refractivity contribution in [3.8, 4) is 0 Å². The molecule has 1 aliphatic heterocycles. The van der Waals surface area contributed by atoms with E-state index in [1.165, 1.54) is 0 Å². The van der Waals surface area contributed by atoms with Crippen LogP contribution in [0.2, 0.25) is 10.0 Å². The van der Waals surface area contributed by atoms with Crippen LogP contribution in [0.4, 0.5) is 13.6 Å². The van der Waals surface area contributed by atoms with E-state index < -0.39 is 30.6 Å². The Balaban J connectivity index is 2.07. The largest absolute Gasteiger partial charge is 0.465 e. The zero-order valence-electron chi connectivity index (χ0n) is 17.4. The molecule has 0 radical (unpaired) electrons. The van der Waals surface area contributed by atoms with Gasteiger partial charge in [-0.25, -0.2) is 18.5 Å². The van der Waals surface area contributed by atoms with E-state index >= 15 is 0 Å². The lowest BCUT2D eigenvalue weighted by Crippen LogP contribution is -2.37. The number of carbonyl (C=O) groups excluding carboxylic acids is 1. The first-order valence-corrected chi connectivity index (χ1v) is 11.1. The van der Waals surface area contributed by atoms with E-state index in [4.69, 9.17) is 23.2 Å². The second-order valence-electron chi connectivity index (χ2n) is 7.73. The summed E-state index contributed by atoms with van der Waals surface area (Å²) in [6.07, 6.45) is -4.32. The molecule has 32 heavy (non-hydrogen) atoms. The van der Waals surface area contributed by atoms with Gasteiger partial charge in [-0.15, -0.1) is 0 Å². The van der Waals surface area contributed by atoms with Crippen molar-refractivity contribution in [2.24, 2.45) is 0 Å². The third kappa shape index (κ3) is 5.05. The lowest BCUT2D eigenvalue weighted by atomic mass is 10.0. The molecule has 3 atom stereocenters. The Hall–Kier alpha value is -2.22. The second-order valence-corrected chi connectivity index (χ2v) is 8.54. The Morgan fingerprint density at radius 2 is 1.69 bits per heavy atom. The van der Waals surface area contributed by atoms with Crippen molar-refractivity contribution < 1.29 is 23.5 Å². The fraction of sp³-hybridized carbons (Fsp3) is 0.391. The summed E-state index contributed by atoms with van der Waals surface area (Å²) in [5.41, 5.74) is 1.20. The lowest BCUT2D eigenvalue weighted by Gasteiger charge is -2.36. The molecule has 1 aliphatic rings. The maximum Gasteiger partial charge on any atom is 0.415 e. The Kier molecular flexibility index (Phi) is 8.09. The van der Waals surface area contributed by atoms with Crippen LogP contribution in [-0.4, -0.2) is 39.4 Å². The molecular formula is C23H24Cl2F2N2O3. The summed E-state index contributed by atoms with van der Waals surface area (Å²) in [6, 6.07) is 13.0. The van der Waals surface area contributed by atoms with E-state index in [2.05, 4.69) is 0 Å². The molecule has 0 spiro atoms. The van der Waals surface area contributed by atoms with Crippen LogP contribution in [0.3, 0.4) is 0 Å². The summed E-state index contributed by atoms with van der Waals surface area (Å²) >= 11 is 12.9. The van der Waals surface area contributed by atoms with E-state index in [1.54, 1.807) is 23.1 Å². The maximum atomic E-state index is 13.3. The molecule has 1 N–H and O–H groups in total. The molecule has 5 nitrogen and oxygen atoms in total. The number of hydrogen-bond acceptors (Lipinski definition) is 3.